The molecule has 7 heteroatoms. The van der Waals surface area contributed by atoms with E-state index < -0.39 is 24.0 Å². The number of imidazole rings is 1. The molecule has 1 aromatic rings. The molecule has 7 nitrogen and oxygen atoms in total. The molecule has 0 aliphatic rings. The first-order chi connectivity index (χ1) is 8.52. The predicted octanol–water partition coefficient (Wildman–Crippen LogP) is -0.741. The van der Waals surface area contributed by atoms with Crippen molar-refractivity contribution in [3.63, 3.8) is 0 Å². The van der Waals surface area contributed by atoms with Crippen molar-refractivity contribution in [2.75, 3.05) is 0 Å². The second-order valence-electron chi connectivity index (χ2n) is 3.70. The Hall–Kier alpha value is -1.89. The number of carbonyl (C=O) groups is 2. The van der Waals surface area contributed by atoms with Crippen LogP contribution in [0.3, 0.4) is 0 Å². The van der Waals surface area contributed by atoms with Gasteiger partial charge >= 0.3 is 5.97 Å². The molecule has 0 aromatic carbocycles. The molecule has 1 heterocycles. The lowest BCUT2D eigenvalue weighted by Crippen LogP contribution is -2.43. The van der Waals surface area contributed by atoms with Gasteiger partial charge in [-0.15, -0.1) is 0 Å². The number of carboxylic acid groups (broad SMARTS) is 1. The molecule has 0 saturated carbocycles. The fourth-order valence-electron chi connectivity index (χ4n) is 1.31. The molecule has 5 N–H and O–H groups in total. The Morgan fingerprint density at radius 2 is 2.53 bits per heavy atom. The van der Waals surface area contributed by atoms with Gasteiger partial charge in [0.05, 0.1) is 6.33 Å². The molecule has 17 heavy (non-hydrogen) atoms. The number of nitrogens with two attached hydrogens (primary N) is 1. The van der Waals surface area contributed by atoms with Gasteiger partial charge in [0.2, 0.25) is 5.91 Å². The van der Waals surface area contributed by atoms with Gasteiger partial charge in [0.25, 0.3) is 0 Å². The Bertz CT molecular complexity index is 396. The number of rotatable bonds is 6. The number of aromatic nitrogens is 2. The van der Waals surface area contributed by atoms with Gasteiger partial charge in [-0.25, -0.2) is 9.78 Å². The van der Waals surface area contributed by atoms with Gasteiger partial charge < -0.3 is 21.1 Å². The zero-order valence-electron chi connectivity index (χ0n) is 10.2. The fraction of sp³-hybridized carbons (Fsp3) is 0.500. The summed E-state index contributed by atoms with van der Waals surface area (Å²) in [6.45, 7) is -0.0777. The Balaban J connectivity index is 2.53. The molecule has 0 fully saturated rings. The smallest absolute Gasteiger partial charge is 0.326 e. The molecule has 0 bridgehead atoms. The molecule has 1 aromatic heterocycles. The average molecular weight is 241 g/mol. The Morgan fingerprint density at radius 1 is 1.76 bits per heavy atom. The maximum Gasteiger partial charge on any atom is 0.326 e. The number of carbonyl (C=O) groups excluding carboxylic acids is 1. The minimum absolute atomic E-state index is 0.0593. The highest BCUT2D eigenvalue weighted by Gasteiger charge is 2.21. The van der Waals surface area contributed by atoms with E-state index >= 15 is 0 Å². The lowest BCUT2D eigenvalue weighted by Gasteiger charge is -2.14. The van der Waals surface area contributed by atoms with E-state index in [2.05, 4.69) is 15.3 Å². The topological polar surface area (TPSA) is 121 Å². The van der Waals surface area contributed by atoms with Gasteiger partial charge in [0.15, 0.2) is 0 Å². The zero-order chi connectivity index (χ0) is 13.5. The first-order valence-electron chi connectivity index (χ1n) is 5.78. The highest BCUT2D eigenvalue weighted by molar-refractivity contribution is 5.83. The van der Waals surface area contributed by atoms with Crippen LogP contribution >= 0.6 is 0 Å². The summed E-state index contributed by atoms with van der Waals surface area (Å²) in [5.41, 5.74) is 6.07. The van der Waals surface area contributed by atoms with Crippen LogP contribution in [0.15, 0.2) is 12.5 Å². The molecule has 0 aliphatic heterocycles. The quantitative estimate of drug-likeness (QED) is 0.522. The van der Waals surface area contributed by atoms with Crippen molar-refractivity contribution in [2.45, 2.75) is 31.8 Å². The molecule has 0 aliphatic carbocycles. The first kappa shape index (κ1) is 11.6. The molecule has 2 atom stereocenters. The monoisotopic (exact) mass is 241 g/mol. The number of amides is 1. The van der Waals surface area contributed by atoms with Gasteiger partial charge in [-0.05, 0) is 6.90 Å². The van der Waals surface area contributed by atoms with E-state index in [1.807, 2.05) is 0 Å². The second-order valence-corrected chi connectivity index (χ2v) is 3.70. The number of hydrogen-bond donors (Lipinski definition) is 4. The van der Waals surface area contributed by atoms with E-state index in [4.69, 9.17) is 12.2 Å². The summed E-state index contributed by atoms with van der Waals surface area (Å²) in [4.78, 5) is 29.0. The first-order valence-corrected chi connectivity index (χ1v) is 5.07. The van der Waals surface area contributed by atoms with Crippen molar-refractivity contribution in [1.82, 2.24) is 15.3 Å². The van der Waals surface area contributed by atoms with Crippen LogP contribution in [-0.4, -0.2) is 39.0 Å². The van der Waals surface area contributed by atoms with E-state index in [-0.39, 0.29) is 19.7 Å². The van der Waals surface area contributed by atoms with Crippen molar-refractivity contribution in [3.8, 4) is 0 Å². The van der Waals surface area contributed by atoms with E-state index in [9.17, 15) is 9.59 Å². The molecule has 1 amide bonds. The second kappa shape index (κ2) is 6.00. The number of hydrogen-bond acceptors (Lipinski definition) is 4. The summed E-state index contributed by atoms with van der Waals surface area (Å²) in [6, 6.07) is -1.61. The van der Waals surface area contributed by atoms with E-state index in [0.29, 0.717) is 5.69 Å². The minimum atomic E-state index is -1.13. The number of nitrogens with zero attached hydrogens (tertiary/aromatic N) is 1. The third-order valence-corrected chi connectivity index (χ3v) is 2.06. The largest absolute Gasteiger partial charge is 0.480 e. The Morgan fingerprint density at radius 3 is 3.06 bits per heavy atom. The van der Waals surface area contributed by atoms with Gasteiger partial charge in [-0.1, -0.05) is 0 Å². The summed E-state index contributed by atoms with van der Waals surface area (Å²) in [7, 11) is 0. The van der Waals surface area contributed by atoms with Crippen LogP contribution in [-0.2, 0) is 16.0 Å². The molecular formula is C10H16N4O3. The third-order valence-electron chi connectivity index (χ3n) is 2.06. The molecule has 0 radical (unpaired) electrons. The normalized spacial score (nSPS) is 14.8. The molecule has 1 rings (SSSR count). The Labute approximate surface area is 99.8 Å². The summed E-state index contributed by atoms with van der Waals surface area (Å²) in [5.74, 6) is -1.60. The van der Waals surface area contributed by atoms with E-state index in [1.165, 1.54) is 12.5 Å². The molecule has 1 unspecified atom stereocenters. The molecule has 94 valence electrons. The number of nitrogens with one attached hydrogen (secondary N) is 2. The van der Waals surface area contributed by atoms with Crippen molar-refractivity contribution in [1.29, 1.82) is 0 Å². The minimum Gasteiger partial charge on any atom is -0.480 e. The Kier molecular flexibility index (Phi) is 4.09. The number of aromatic amines is 1. The number of H-pyrrole nitrogens is 1. The maximum absolute atomic E-state index is 11.5. The van der Waals surface area contributed by atoms with Gasteiger partial charge in [-0.2, -0.15) is 0 Å². The summed E-state index contributed by atoms with van der Waals surface area (Å²) in [6.07, 6.45) is 3.00. The molecule has 0 saturated heterocycles. The molecule has 0 spiro atoms. The summed E-state index contributed by atoms with van der Waals surface area (Å²) >= 11 is 0. The van der Waals surface area contributed by atoms with Crippen molar-refractivity contribution in [2.24, 2.45) is 5.73 Å². The van der Waals surface area contributed by atoms with Gasteiger partial charge in [0, 0.05) is 32.1 Å². The van der Waals surface area contributed by atoms with Crippen molar-refractivity contribution < 1.29 is 16.1 Å². The van der Waals surface area contributed by atoms with Crippen LogP contribution in [0.25, 0.3) is 0 Å². The fourth-order valence-corrected chi connectivity index (χ4v) is 1.31. The van der Waals surface area contributed by atoms with E-state index in [0.717, 1.165) is 0 Å². The third kappa shape index (κ3) is 4.64. The lowest BCUT2D eigenvalue weighted by molar-refractivity contribution is -0.141. The summed E-state index contributed by atoms with van der Waals surface area (Å²) < 4.78 is 6.99. The van der Waals surface area contributed by atoms with Crippen molar-refractivity contribution in [3.05, 3.63) is 18.2 Å². The average Bonchev–Trinajstić information content (AvgIpc) is 2.80. The van der Waals surface area contributed by atoms with Crippen LogP contribution in [0.5, 0.6) is 0 Å². The van der Waals surface area contributed by atoms with Crippen molar-refractivity contribution >= 4 is 11.9 Å². The van der Waals surface area contributed by atoms with Gasteiger partial charge in [0.1, 0.15) is 6.04 Å². The van der Waals surface area contributed by atoms with Crippen LogP contribution < -0.4 is 11.1 Å². The van der Waals surface area contributed by atoms with Crippen LogP contribution in [0.2, 0.25) is 0 Å². The number of aliphatic carboxylic acids is 1. The van der Waals surface area contributed by atoms with Crippen LogP contribution in [0, 0.1) is 0 Å². The zero-order valence-corrected chi connectivity index (χ0v) is 9.22. The number of carboxylic acids is 1. The summed E-state index contributed by atoms with van der Waals surface area (Å²) in [5, 5.41) is 11.4. The van der Waals surface area contributed by atoms with Gasteiger partial charge in [-0.3, -0.25) is 4.79 Å². The van der Waals surface area contributed by atoms with Crippen LogP contribution in [0.1, 0.15) is 20.4 Å². The van der Waals surface area contributed by atoms with Crippen LogP contribution in [0.4, 0.5) is 0 Å². The highest BCUT2D eigenvalue weighted by Crippen LogP contribution is 1.99. The standard InChI is InChI=1S/C10H16N4O3/c1-6(11)2-9(15)14-8(10(16)17)3-7-4-12-5-13-7/h4-6,8H,2-3,11H2,1H3,(H,12,13)(H,14,15)(H,16,17)/t6?,8-/m0/s1/i1D. The SMILES string of the molecule is [2H]CC(N)CC(=O)N[C@@H](Cc1cnc[nH]1)C(=O)O. The molecular weight excluding hydrogens is 224 g/mol. The predicted molar refractivity (Wildman–Crippen MR) is 60.1 cm³/mol. The van der Waals surface area contributed by atoms with E-state index in [1.54, 1.807) is 0 Å². The maximum atomic E-state index is 11.5. The lowest BCUT2D eigenvalue weighted by atomic mass is 10.1. The highest BCUT2D eigenvalue weighted by atomic mass is 16.4.